The summed E-state index contributed by atoms with van der Waals surface area (Å²) < 4.78 is 19.0. The van der Waals surface area contributed by atoms with Crippen LogP contribution in [-0.4, -0.2) is 19.1 Å². The van der Waals surface area contributed by atoms with Crippen molar-refractivity contribution in [2.24, 2.45) is 5.50 Å². The maximum absolute atomic E-state index is 8.96. The Hall–Kier alpha value is -1.03. The van der Waals surface area contributed by atoms with Gasteiger partial charge in [-0.3, -0.25) is 10.1 Å². The second-order valence-corrected chi connectivity index (χ2v) is 2.87. The fourth-order valence-electron chi connectivity index (χ4n) is 0.787. The Morgan fingerprint density at radius 1 is 1.21 bits per heavy atom. The zero-order valence-electron chi connectivity index (χ0n) is 8.06. The van der Waals surface area contributed by atoms with Crippen molar-refractivity contribution in [2.45, 2.75) is 0 Å². The fraction of sp³-hybridized carbons (Fsp3) is 0.250. The predicted molar refractivity (Wildman–Crippen MR) is 55.0 cm³/mol. The van der Waals surface area contributed by atoms with Gasteiger partial charge >= 0.3 is 0 Å². The van der Waals surface area contributed by atoms with Crippen molar-refractivity contribution in [1.82, 2.24) is 0 Å². The highest BCUT2D eigenvalue weighted by atomic mass is 31.1. The largest absolute Gasteiger partial charge is 0.493 e. The number of para-hydroxylation sites is 2. The van der Waals surface area contributed by atoms with Crippen LogP contribution in [0.15, 0.2) is 24.3 Å². The van der Waals surface area contributed by atoms with Gasteiger partial charge in [-0.05, 0) is 12.1 Å². The van der Waals surface area contributed by atoms with Gasteiger partial charge in [0.25, 0.3) is 8.18 Å². The molecule has 6 heteroatoms. The number of ether oxygens (including phenoxy) is 2. The molecule has 14 heavy (non-hydrogen) atoms. The van der Waals surface area contributed by atoms with Crippen molar-refractivity contribution in [3.05, 3.63) is 24.3 Å². The van der Waals surface area contributed by atoms with Gasteiger partial charge in [-0.25, -0.2) is 0 Å². The molecule has 0 spiro atoms. The Labute approximate surface area is 83.4 Å². The molecule has 1 aromatic rings. The van der Waals surface area contributed by atoms with Crippen molar-refractivity contribution in [2.75, 3.05) is 14.2 Å². The average molecular weight is 219 g/mol. The topological polar surface area (TPSA) is 81.8 Å². The number of hydrogen-bond acceptors (Lipinski definition) is 3. The van der Waals surface area contributed by atoms with E-state index in [-0.39, 0.29) is 0 Å². The summed E-state index contributed by atoms with van der Waals surface area (Å²) >= 11 is 0. The lowest BCUT2D eigenvalue weighted by molar-refractivity contribution is 0.355. The second-order valence-electron chi connectivity index (χ2n) is 2.19. The molecule has 80 valence electrons. The molecule has 0 amide bonds. The summed E-state index contributed by atoms with van der Waals surface area (Å²) in [6, 6.07) is 7.53. The van der Waals surface area contributed by atoms with Crippen LogP contribution in [-0.2, 0) is 4.57 Å². The number of methoxy groups -OCH3 is 2. The molecule has 0 aliphatic heterocycles. The molecular weight excluding hydrogens is 205 g/mol. The molecule has 0 heterocycles. The second kappa shape index (κ2) is 7.38. The summed E-state index contributed by atoms with van der Waals surface area (Å²) in [5, 5.41) is 0. The molecule has 1 aromatic carbocycles. The number of rotatable bonds is 2. The molecule has 1 unspecified atom stereocenters. The summed E-state index contributed by atoms with van der Waals surface area (Å²) in [5.41, 5.74) is 4.21. The highest BCUT2D eigenvalue weighted by Gasteiger charge is 1.97. The van der Waals surface area contributed by atoms with Gasteiger partial charge in [0.05, 0.1) is 14.2 Å². The fourth-order valence-corrected chi connectivity index (χ4v) is 0.787. The first-order chi connectivity index (χ1) is 6.61. The molecule has 3 N–H and O–H groups in total. The third kappa shape index (κ3) is 5.59. The van der Waals surface area contributed by atoms with Gasteiger partial charge in [0, 0.05) is 0 Å². The van der Waals surface area contributed by atoms with Crippen LogP contribution in [0.2, 0.25) is 0 Å². The van der Waals surface area contributed by atoms with Crippen molar-refractivity contribution >= 4 is 8.18 Å². The quantitative estimate of drug-likeness (QED) is 0.726. The van der Waals surface area contributed by atoms with Crippen LogP contribution in [0.3, 0.4) is 0 Å². The van der Waals surface area contributed by atoms with Gasteiger partial charge in [-0.2, -0.15) is 0 Å². The van der Waals surface area contributed by atoms with E-state index in [2.05, 4.69) is 5.50 Å². The Kier molecular flexibility index (Phi) is 6.84. The number of hydrogen-bond donors (Lipinski definition) is 2. The van der Waals surface area contributed by atoms with Crippen LogP contribution >= 0.6 is 8.18 Å². The lowest BCUT2D eigenvalue weighted by atomic mass is 10.3. The Morgan fingerprint density at radius 3 is 1.71 bits per heavy atom. The van der Waals surface area contributed by atoms with Crippen LogP contribution in [0.25, 0.3) is 0 Å². The van der Waals surface area contributed by atoms with Gasteiger partial charge in [0.15, 0.2) is 11.5 Å². The van der Waals surface area contributed by atoms with Gasteiger partial charge < -0.3 is 14.4 Å². The van der Waals surface area contributed by atoms with Gasteiger partial charge in [0.2, 0.25) is 0 Å². The Bertz CT molecular complexity index is 265. The minimum absolute atomic E-state index is 0.769. The molecule has 0 fully saturated rings. The maximum atomic E-state index is 8.96. The Balaban J connectivity index is 0.000000364. The lowest BCUT2D eigenvalue weighted by Gasteiger charge is -2.04. The van der Waals surface area contributed by atoms with Crippen LogP contribution in [0.1, 0.15) is 0 Å². The molecule has 0 aromatic heterocycles. The SMILES string of the molecule is COc1ccccc1OC.N[PH](=O)O. The van der Waals surface area contributed by atoms with Crippen molar-refractivity contribution in [1.29, 1.82) is 0 Å². The van der Waals surface area contributed by atoms with Crippen LogP contribution in [0.5, 0.6) is 11.5 Å². The molecule has 1 rings (SSSR count). The van der Waals surface area contributed by atoms with Crippen molar-refractivity contribution in [3.63, 3.8) is 0 Å². The van der Waals surface area contributed by atoms with Gasteiger partial charge in [0.1, 0.15) is 0 Å². The number of nitrogens with two attached hydrogens (primary N) is 1. The van der Waals surface area contributed by atoms with Crippen LogP contribution in [0.4, 0.5) is 0 Å². The van der Waals surface area contributed by atoms with Gasteiger partial charge in [-0.1, -0.05) is 12.1 Å². The number of benzene rings is 1. The minimum atomic E-state index is -2.63. The zero-order valence-corrected chi connectivity index (χ0v) is 9.06. The van der Waals surface area contributed by atoms with Crippen LogP contribution < -0.4 is 15.0 Å². The standard InChI is InChI=1S/C8H10O2.H4NO2P/c1-9-7-5-3-4-6-8(7)10-2;1-4(2)3/h3-6H,1-2H3;4H,(H3,1,2,3). The summed E-state index contributed by atoms with van der Waals surface area (Å²) in [5.74, 6) is 1.54. The van der Waals surface area contributed by atoms with E-state index in [1.807, 2.05) is 24.3 Å². The highest BCUT2D eigenvalue weighted by Crippen LogP contribution is 2.24. The third-order valence-corrected chi connectivity index (χ3v) is 1.29. The van der Waals surface area contributed by atoms with E-state index in [1.165, 1.54) is 0 Å². The molecule has 0 bridgehead atoms. The van der Waals surface area contributed by atoms with Crippen molar-refractivity contribution < 1.29 is 18.9 Å². The molecule has 0 radical (unpaired) electrons. The average Bonchev–Trinajstić information content (AvgIpc) is 2.17. The molecule has 0 saturated heterocycles. The van der Waals surface area contributed by atoms with Gasteiger partial charge in [-0.15, -0.1) is 0 Å². The monoisotopic (exact) mass is 219 g/mol. The smallest absolute Gasteiger partial charge is 0.253 e. The van der Waals surface area contributed by atoms with E-state index < -0.39 is 8.18 Å². The van der Waals surface area contributed by atoms with Crippen molar-refractivity contribution in [3.8, 4) is 11.5 Å². The molecule has 5 nitrogen and oxygen atoms in total. The zero-order chi connectivity index (χ0) is 11.0. The summed E-state index contributed by atoms with van der Waals surface area (Å²) in [6.07, 6.45) is 0. The normalized spacial score (nSPS) is 10.9. The first-order valence-electron chi connectivity index (χ1n) is 3.77. The summed E-state index contributed by atoms with van der Waals surface area (Å²) in [7, 11) is 0.616. The first-order valence-corrected chi connectivity index (χ1v) is 5.20. The minimum Gasteiger partial charge on any atom is -0.493 e. The highest BCUT2D eigenvalue weighted by molar-refractivity contribution is 7.35. The van der Waals surface area contributed by atoms with E-state index in [0.29, 0.717) is 0 Å². The molecule has 1 atom stereocenters. The van der Waals surface area contributed by atoms with E-state index in [9.17, 15) is 0 Å². The van der Waals surface area contributed by atoms with E-state index in [0.717, 1.165) is 11.5 Å². The summed E-state index contributed by atoms with van der Waals surface area (Å²) in [6.45, 7) is 0. The first kappa shape index (κ1) is 13.0. The maximum Gasteiger partial charge on any atom is 0.253 e. The predicted octanol–water partition coefficient (Wildman–Crippen LogP) is 1.03. The molecular formula is C8H14NO4P. The van der Waals surface area contributed by atoms with Crippen LogP contribution in [0, 0.1) is 0 Å². The summed E-state index contributed by atoms with van der Waals surface area (Å²) in [4.78, 5) is 7.38. The molecule has 0 aliphatic rings. The lowest BCUT2D eigenvalue weighted by Crippen LogP contribution is -1.88. The van der Waals surface area contributed by atoms with E-state index >= 15 is 0 Å². The Morgan fingerprint density at radius 2 is 1.50 bits per heavy atom. The van der Waals surface area contributed by atoms with E-state index in [4.69, 9.17) is 18.9 Å². The third-order valence-electron chi connectivity index (χ3n) is 1.29. The molecule has 0 saturated carbocycles. The van der Waals surface area contributed by atoms with E-state index in [1.54, 1.807) is 14.2 Å². The molecule has 0 aliphatic carbocycles.